The minimum Gasteiger partial charge on any atom is -0.328 e. The summed E-state index contributed by atoms with van der Waals surface area (Å²) in [6.45, 7) is 1.79. The quantitative estimate of drug-likeness (QED) is 0.840. The zero-order valence-electron chi connectivity index (χ0n) is 8.68. The van der Waals surface area contributed by atoms with E-state index in [2.05, 4.69) is 4.98 Å². The maximum atomic E-state index is 12.4. The first-order valence-corrected chi connectivity index (χ1v) is 5.15. The number of hydrogen-bond acceptors (Lipinski definition) is 2. The lowest BCUT2D eigenvalue weighted by Gasteiger charge is -2.10. The fourth-order valence-electron chi connectivity index (χ4n) is 1.21. The molecule has 0 bridgehead atoms. The molecule has 0 fully saturated rings. The van der Waals surface area contributed by atoms with E-state index in [0.717, 1.165) is 12.3 Å². The molecule has 2 N–H and O–H groups in total. The van der Waals surface area contributed by atoms with Crippen LogP contribution in [0, 0.1) is 0 Å². The zero-order chi connectivity index (χ0) is 12.3. The van der Waals surface area contributed by atoms with Crippen molar-refractivity contribution in [3.8, 4) is 0 Å². The van der Waals surface area contributed by atoms with Gasteiger partial charge in [0.2, 0.25) is 0 Å². The Hall–Kier alpha value is -0.810. The summed E-state index contributed by atoms with van der Waals surface area (Å²) in [6, 6.07) is 0.947. The average Bonchev–Trinajstić information content (AvgIpc) is 2.14. The lowest BCUT2D eigenvalue weighted by Crippen LogP contribution is -2.16. The van der Waals surface area contributed by atoms with Gasteiger partial charge in [-0.05, 0) is 31.4 Å². The molecule has 0 spiro atoms. The van der Waals surface area contributed by atoms with Crippen molar-refractivity contribution in [1.29, 1.82) is 0 Å². The molecule has 0 aliphatic carbocycles. The van der Waals surface area contributed by atoms with Crippen LogP contribution in [0.15, 0.2) is 12.3 Å². The summed E-state index contributed by atoms with van der Waals surface area (Å²) in [5.74, 6) is 0. The second-order valence-electron chi connectivity index (χ2n) is 3.69. The van der Waals surface area contributed by atoms with Crippen LogP contribution in [-0.2, 0) is 12.6 Å². The predicted octanol–water partition coefficient (Wildman–Crippen LogP) is 3.03. The smallest absolute Gasteiger partial charge is 0.328 e. The van der Waals surface area contributed by atoms with E-state index >= 15 is 0 Å². The first kappa shape index (κ1) is 13.3. The van der Waals surface area contributed by atoms with Gasteiger partial charge in [0.25, 0.3) is 0 Å². The summed E-state index contributed by atoms with van der Waals surface area (Å²) in [5.41, 5.74) is 5.13. The van der Waals surface area contributed by atoms with E-state index in [0.29, 0.717) is 18.4 Å². The Bertz CT molecular complexity index is 364. The fraction of sp³-hybridized carbons (Fsp3) is 0.500. The second-order valence-corrected chi connectivity index (χ2v) is 4.05. The molecule has 0 aromatic carbocycles. The van der Waals surface area contributed by atoms with Crippen LogP contribution >= 0.6 is 11.6 Å². The molecule has 1 aromatic heterocycles. The Kier molecular flexibility index (Phi) is 4.15. The van der Waals surface area contributed by atoms with Crippen molar-refractivity contribution in [1.82, 2.24) is 4.98 Å². The number of rotatable bonds is 3. The summed E-state index contributed by atoms with van der Waals surface area (Å²) in [7, 11) is 0. The van der Waals surface area contributed by atoms with Crippen LogP contribution in [-0.4, -0.2) is 11.0 Å². The zero-order valence-corrected chi connectivity index (χ0v) is 9.44. The number of hydrogen-bond donors (Lipinski definition) is 1. The Balaban J connectivity index is 2.91. The highest BCUT2D eigenvalue weighted by Gasteiger charge is 2.31. The Labute approximate surface area is 96.6 Å². The van der Waals surface area contributed by atoms with Crippen LogP contribution in [0.2, 0.25) is 5.15 Å². The number of halogens is 4. The third-order valence-electron chi connectivity index (χ3n) is 2.11. The maximum absolute atomic E-state index is 12.4. The highest BCUT2D eigenvalue weighted by molar-refractivity contribution is 6.30. The normalized spacial score (nSPS) is 13.9. The number of alkyl halides is 3. The molecule has 6 heteroatoms. The molecule has 16 heavy (non-hydrogen) atoms. The van der Waals surface area contributed by atoms with Crippen molar-refractivity contribution in [3.63, 3.8) is 0 Å². The highest BCUT2D eigenvalue weighted by atomic mass is 35.5. The molecule has 2 nitrogen and oxygen atoms in total. The van der Waals surface area contributed by atoms with Crippen LogP contribution in [0.4, 0.5) is 13.2 Å². The van der Waals surface area contributed by atoms with Gasteiger partial charge in [-0.2, -0.15) is 13.2 Å². The number of pyridine rings is 1. The lowest BCUT2D eigenvalue weighted by molar-refractivity contribution is -0.137. The van der Waals surface area contributed by atoms with Crippen LogP contribution in [0.25, 0.3) is 0 Å². The minimum absolute atomic E-state index is 0.0781. The summed E-state index contributed by atoms with van der Waals surface area (Å²) in [4.78, 5) is 3.53. The topological polar surface area (TPSA) is 38.9 Å². The van der Waals surface area contributed by atoms with Gasteiger partial charge in [0.1, 0.15) is 5.15 Å². The lowest BCUT2D eigenvalue weighted by atomic mass is 10.1. The van der Waals surface area contributed by atoms with E-state index in [4.69, 9.17) is 17.3 Å². The maximum Gasteiger partial charge on any atom is 0.417 e. The third-order valence-corrected chi connectivity index (χ3v) is 2.45. The molecule has 0 aliphatic rings. The molecule has 0 saturated carbocycles. The molecule has 90 valence electrons. The fourth-order valence-corrected chi connectivity index (χ4v) is 1.41. The Morgan fingerprint density at radius 3 is 2.62 bits per heavy atom. The monoisotopic (exact) mass is 252 g/mol. The van der Waals surface area contributed by atoms with Crippen molar-refractivity contribution < 1.29 is 13.2 Å². The molecule has 0 saturated heterocycles. The van der Waals surface area contributed by atoms with Crippen molar-refractivity contribution in [2.24, 2.45) is 5.73 Å². The molecule has 1 atom stereocenters. The van der Waals surface area contributed by atoms with Gasteiger partial charge >= 0.3 is 6.18 Å². The van der Waals surface area contributed by atoms with Gasteiger partial charge in [0.05, 0.1) is 5.56 Å². The van der Waals surface area contributed by atoms with Crippen molar-refractivity contribution >= 4 is 11.6 Å². The number of nitrogens with zero attached hydrogens (tertiary/aromatic N) is 1. The molecule has 1 rings (SSSR count). The molecule has 0 radical (unpaired) electrons. The predicted molar refractivity (Wildman–Crippen MR) is 56.2 cm³/mol. The van der Waals surface area contributed by atoms with Crippen molar-refractivity contribution in [2.45, 2.75) is 32.0 Å². The molecule has 1 aromatic rings. The number of aromatic nitrogens is 1. The minimum atomic E-state index is -4.39. The molecular weight excluding hydrogens is 241 g/mol. The van der Waals surface area contributed by atoms with E-state index in [-0.39, 0.29) is 11.2 Å². The van der Waals surface area contributed by atoms with E-state index < -0.39 is 11.7 Å². The van der Waals surface area contributed by atoms with Crippen LogP contribution < -0.4 is 5.73 Å². The second kappa shape index (κ2) is 5.01. The number of nitrogens with two attached hydrogens (primary N) is 1. The SMILES string of the molecule is CC(N)CCc1cc(C(F)(F)F)cnc1Cl. The van der Waals surface area contributed by atoms with Gasteiger partial charge in [0.15, 0.2) is 0 Å². The molecule has 0 amide bonds. The standard InChI is InChI=1S/C10H12ClF3N2/c1-6(15)2-3-7-4-8(10(12,13)14)5-16-9(7)11/h4-6H,2-3,15H2,1H3. The van der Waals surface area contributed by atoms with Gasteiger partial charge in [-0.15, -0.1) is 0 Å². The first-order valence-electron chi connectivity index (χ1n) is 4.78. The van der Waals surface area contributed by atoms with E-state index in [1.165, 1.54) is 0 Å². The van der Waals surface area contributed by atoms with Gasteiger partial charge in [0, 0.05) is 12.2 Å². The summed E-state index contributed by atoms with van der Waals surface area (Å²) < 4.78 is 37.2. The van der Waals surface area contributed by atoms with Gasteiger partial charge in [-0.25, -0.2) is 4.98 Å². The molecule has 1 unspecified atom stereocenters. The summed E-state index contributed by atoms with van der Waals surface area (Å²) in [6.07, 6.45) is -2.69. The highest BCUT2D eigenvalue weighted by Crippen LogP contribution is 2.30. The molecular formula is C10H12ClF3N2. The Morgan fingerprint density at radius 2 is 2.12 bits per heavy atom. The van der Waals surface area contributed by atoms with Crippen LogP contribution in [0.1, 0.15) is 24.5 Å². The number of aryl methyl sites for hydroxylation is 1. The summed E-state index contributed by atoms with van der Waals surface area (Å²) >= 11 is 5.71. The molecule has 1 heterocycles. The van der Waals surface area contributed by atoms with Crippen LogP contribution in [0.3, 0.4) is 0 Å². The third kappa shape index (κ3) is 3.64. The van der Waals surface area contributed by atoms with Crippen LogP contribution in [0.5, 0.6) is 0 Å². The van der Waals surface area contributed by atoms with E-state index in [9.17, 15) is 13.2 Å². The summed E-state index contributed by atoms with van der Waals surface area (Å²) in [5, 5.41) is 0.105. The largest absolute Gasteiger partial charge is 0.417 e. The van der Waals surface area contributed by atoms with E-state index in [1.807, 2.05) is 0 Å². The van der Waals surface area contributed by atoms with E-state index in [1.54, 1.807) is 6.92 Å². The average molecular weight is 253 g/mol. The van der Waals surface area contributed by atoms with Gasteiger partial charge < -0.3 is 5.73 Å². The van der Waals surface area contributed by atoms with Crippen molar-refractivity contribution in [3.05, 3.63) is 28.5 Å². The molecule has 0 aliphatic heterocycles. The Morgan fingerprint density at radius 1 is 1.50 bits per heavy atom. The van der Waals surface area contributed by atoms with Crippen molar-refractivity contribution in [2.75, 3.05) is 0 Å². The van der Waals surface area contributed by atoms with Gasteiger partial charge in [-0.1, -0.05) is 11.6 Å². The van der Waals surface area contributed by atoms with Gasteiger partial charge in [-0.3, -0.25) is 0 Å². The first-order chi connectivity index (χ1) is 7.30.